The fourth-order valence-electron chi connectivity index (χ4n) is 13.2. The van der Waals surface area contributed by atoms with Gasteiger partial charge in [0.25, 0.3) is 0 Å². The Bertz CT molecular complexity index is 1740. The van der Waals surface area contributed by atoms with Crippen LogP contribution < -0.4 is 37.2 Å². The van der Waals surface area contributed by atoms with Gasteiger partial charge in [-0.15, -0.1) is 0 Å². The second kappa shape index (κ2) is 26.2. The summed E-state index contributed by atoms with van der Waals surface area (Å²) in [7, 11) is 0. The largest absolute Gasteiger partial charge is 3.00 e. The zero-order valence-corrected chi connectivity index (χ0v) is 42.8. The molecule has 0 bridgehead atoms. The molecule has 0 aliphatic heterocycles. The van der Waals surface area contributed by atoms with E-state index in [0.29, 0.717) is 23.7 Å². The van der Waals surface area contributed by atoms with E-state index in [-0.39, 0.29) is 54.0 Å². The van der Waals surface area contributed by atoms with Crippen LogP contribution in [-0.2, 0) is 16.8 Å². The molecule has 0 saturated heterocycles. The van der Waals surface area contributed by atoms with E-state index in [1.54, 1.807) is 33.4 Å². The molecular formula is C57H79Cl3CoN3. The molecular weight excluding hydrogens is 892 g/mol. The van der Waals surface area contributed by atoms with Crippen molar-refractivity contribution in [1.29, 1.82) is 0 Å². The van der Waals surface area contributed by atoms with Gasteiger partial charge in [0.1, 0.15) is 0 Å². The molecule has 0 unspecified atom stereocenters. The Morgan fingerprint density at radius 3 is 0.859 bits per heavy atom. The van der Waals surface area contributed by atoms with E-state index in [1.807, 2.05) is 0 Å². The van der Waals surface area contributed by atoms with Crippen molar-refractivity contribution in [2.75, 3.05) is 0 Å². The molecule has 0 spiro atoms. The van der Waals surface area contributed by atoms with E-state index in [0.717, 1.165) is 34.6 Å². The summed E-state index contributed by atoms with van der Waals surface area (Å²) in [5.74, 6) is 3.97. The summed E-state index contributed by atoms with van der Waals surface area (Å²) in [6, 6.07) is 17.4. The van der Waals surface area contributed by atoms with Crippen LogP contribution in [0.15, 0.2) is 52.4 Å². The van der Waals surface area contributed by atoms with Gasteiger partial charge in [-0.2, -0.15) is 0 Å². The Hall–Kier alpha value is -1.69. The van der Waals surface area contributed by atoms with Crippen LogP contribution >= 0.6 is 0 Å². The maximum atomic E-state index is 5.77. The average molecular weight is 972 g/mol. The van der Waals surface area contributed by atoms with Crippen LogP contribution in [0, 0.1) is 0 Å². The maximum absolute atomic E-state index is 5.77. The molecule has 3 nitrogen and oxygen atoms in total. The Labute approximate surface area is 418 Å². The second-order valence-electron chi connectivity index (χ2n) is 20.9. The number of aliphatic imine (C=N–C) groups is 2. The fourth-order valence-corrected chi connectivity index (χ4v) is 13.2. The van der Waals surface area contributed by atoms with Crippen LogP contribution in [0.1, 0.15) is 287 Å². The Morgan fingerprint density at radius 2 is 0.609 bits per heavy atom. The van der Waals surface area contributed by atoms with Gasteiger partial charge < -0.3 is 37.2 Å². The van der Waals surface area contributed by atoms with Gasteiger partial charge in [-0.05, 0) is 172 Å². The number of nitrogens with zero attached hydrogens (tertiary/aromatic N) is 3. The van der Waals surface area contributed by atoms with Crippen LogP contribution in [-0.4, -0.2) is 16.4 Å². The summed E-state index contributed by atoms with van der Waals surface area (Å²) >= 11 is 0. The molecule has 6 aliphatic carbocycles. The first-order chi connectivity index (χ1) is 29.6. The smallest absolute Gasteiger partial charge is 1.00 e. The fraction of sp³-hybridized carbons (Fsp3) is 0.667. The van der Waals surface area contributed by atoms with Gasteiger partial charge in [0.15, 0.2) is 0 Å². The van der Waals surface area contributed by atoms with Gasteiger partial charge in [-0.3, -0.25) is 9.98 Å². The number of rotatable bonds is 10. The molecule has 6 aliphatic rings. The predicted octanol–water partition coefficient (Wildman–Crippen LogP) is 8.66. The van der Waals surface area contributed by atoms with Crippen molar-refractivity contribution in [1.82, 2.24) is 4.98 Å². The summed E-state index contributed by atoms with van der Waals surface area (Å²) in [5, 5.41) is 0. The van der Waals surface area contributed by atoms with Gasteiger partial charge in [0.2, 0.25) is 0 Å². The molecule has 7 heteroatoms. The number of pyridine rings is 1. The Kier molecular flexibility index (Phi) is 21.8. The Morgan fingerprint density at radius 1 is 0.375 bits per heavy atom. The second-order valence-corrected chi connectivity index (χ2v) is 20.9. The van der Waals surface area contributed by atoms with E-state index in [2.05, 4.69) is 56.3 Å². The van der Waals surface area contributed by atoms with Crippen LogP contribution in [0.5, 0.6) is 0 Å². The molecule has 0 amide bonds. The topological polar surface area (TPSA) is 37.6 Å². The summed E-state index contributed by atoms with van der Waals surface area (Å²) in [6.07, 6.45) is 40.8. The maximum Gasteiger partial charge on any atom is 3.00 e. The van der Waals surface area contributed by atoms with Crippen molar-refractivity contribution in [3.63, 3.8) is 0 Å². The minimum atomic E-state index is 0. The van der Waals surface area contributed by atoms with Crippen molar-refractivity contribution >= 4 is 22.8 Å². The standard InChI is InChI=1S/C57H79N3.3ClH.Co/c1-40(58-56-50(44-26-13-5-14-27-44)36-48(42-22-9-3-10-23-42)37-51(56)45-28-15-6-16-29-45)54-34-21-35-55(60-54)41(2)59-57-52(46-30-17-7-18-31-46)38-49(43-24-11-4-12-25-43)39-53(57)47-32-19-8-20-33-47;;;;/h21,34-39,42-47H,3-20,22-33H2,1-2H3;3*1H;/q;;;;+3/p-3. The molecule has 0 radical (unpaired) electrons. The first-order valence-corrected chi connectivity index (χ1v) is 26.0. The van der Waals surface area contributed by atoms with E-state index >= 15 is 0 Å². The molecule has 0 N–H and O–H groups in total. The van der Waals surface area contributed by atoms with Crippen molar-refractivity contribution in [3.05, 3.63) is 87.2 Å². The van der Waals surface area contributed by atoms with Gasteiger partial charge in [-0.1, -0.05) is 146 Å². The third kappa shape index (κ3) is 12.9. The number of hydrogen-bond acceptors (Lipinski definition) is 3. The van der Waals surface area contributed by atoms with Crippen LogP contribution in [0.25, 0.3) is 0 Å². The molecule has 3 aromatic rings. The number of benzene rings is 2. The molecule has 1 aromatic heterocycles. The molecule has 9 rings (SSSR count). The van der Waals surface area contributed by atoms with Crippen molar-refractivity contribution in [2.24, 2.45) is 9.98 Å². The van der Waals surface area contributed by atoms with Crippen molar-refractivity contribution < 1.29 is 54.0 Å². The monoisotopic (exact) mass is 969 g/mol. The van der Waals surface area contributed by atoms with Gasteiger partial charge in [-0.25, -0.2) is 4.98 Å². The number of aromatic nitrogens is 1. The molecule has 352 valence electrons. The zero-order chi connectivity index (χ0) is 40.7. The van der Waals surface area contributed by atoms with E-state index in [4.69, 9.17) is 15.0 Å². The molecule has 1 heterocycles. The van der Waals surface area contributed by atoms with Crippen LogP contribution in [0.3, 0.4) is 0 Å². The zero-order valence-electron chi connectivity index (χ0n) is 39.5. The third-order valence-corrected chi connectivity index (χ3v) is 16.8. The summed E-state index contributed by atoms with van der Waals surface area (Å²) in [5.41, 5.74) is 16.4. The first-order valence-electron chi connectivity index (χ1n) is 26.0. The molecule has 64 heavy (non-hydrogen) atoms. The van der Waals surface area contributed by atoms with E-state index in [1.165, 1.54) is 204 Å². The van der Waals surface area contributed by atoms with Crippen molar-refractivity contribution in [2.45, 2.75) is 242 Å². The van der Waals surface area contributed by atoms with E-state index in [9.17, 15) is 0 Å². The van der Waals surface area contributed by atoms with Gasteiger partial charge in [0, 0.05) is 0 Å². The predicted molar refractivity (Wildman–Crippen MR) is 256 cm³/mol. The van der Waals surface area contributed by atoms with Gasteiger partial charge in [0.05, 0.1) is 34.2 Å². The van der Waals surface area contributed by atoms with Crippen LogP contribution in [0.2, 0.25) is 0 Å². The van der Waals surface area contributed by atoms with E-state index < -0.39 is 0 Å². The summed E-state index contributed by atoms with van der Waals surface area (Å²) in [4.78, 5) is 17.0. The molecule has 2 aromatic carbocycles. The SMILES string of the molecule is CC(=Nc1c(C2CCCCC2)cc(C2CCCCC2)cc1C1CCCCC1)c1cccc(C(C)=Nc2c(C3CCCCC3)cc(C3CCCCC3)cc2C2CCCCC2)n1.[Cl-].[Cl-].[Cl-].[Co+3]. The number of halogens is 3. The average Bonchev–Trinajstić information content (AvgIpc) is 3.33. The molecule has 6 fully saturated rings. The third-order valence-electron chi connectivity index (χ3n) is 16.8. The normalized spacial score (nSPS) is 21.8. The molecule has 6 saturated carbocycles. The first kappa shape index (κ1) is 53.3. The quantitative estimate of drug-likeness (QED) is 0.188. The minimum Gasteiger partial charge on any atom is -1.00 e. The summed E-state index contributed by atoms with van der Waals surface area (Å²) in [6.45, 7) is 4.49. The molecule has 0 atom stereocenters. The van der Waals surface area contributed by atoms with Gasteiger partial charge >= 0.3 is 16.8 Å². The Balaban J connectivity index is 0.00000193. The number of hydrogen-bond donors (Lipinski definition) is 0. The summed E-state index contributed by atoms with van der Waals surface area (Å²) < 4.78 is 0. The minimum absolute atomic E-state index is 0. The van der Waals surface area contributed by atoms with Crippen molar-refractivity contribution in [3.8, 4) is 0 Å². The van der Waals surface area contributed by atoms with Crippen LogP contribution in [0.4, 0.5) is 11.4 Å².